The van der Waals surface area contributed by atoms with Crippen LogP contribution in [0.5, 0.6) is 0 Å². The summed E-state index contributed by atoms with van der Waals surface area (Å²) in [4.78, 5) is 0. The number of anilines is 2. The number of rotatable bonds is 4. The lowest BCUT2D eigenvalue weighted by atomic mass is 9.69. The molecule has 30 heavy (non-hydrogen) atoms. The molecule has 0 unspecified atom stereocenters. The van der Waals surface area contributed by atoms with Gasteiger partial charge < -0.3 is 21.3 Å². The highest BCUT2D eigenvalue weighted by atomic mass is 32.1. The molecule has 2 aliphatic carbocycles. The van der Waals surface area contributed by atoms with Crippen LogP contribution >= 0.6 is 24.4 Å². The smallest absolute Gasteiger partial charge is 0.171 e. The normalized spacial score (nSPS) is 28.6. The Labute approximate surface area is 190 Å². The first-order chi connectivity index (χ1) is 14.3. The Balaban J connectivity index is 1.50. The molecule has 0 amide bonds. The maximum absolute atomic E-state index is 5.69. The van der Waals surface area contributed by atoms with Crippen molar-refractivity contribution in [1.82, 2.24) is 10.6 Å². The van der Waals surface area contributed by atoms with Gasteiger partial charge in [0.05, 0.1) is 12.1 Å². The molecule has 2 aromatic rings. The van der Waals surface area contributed by atoms with Gasteiger partial charge in [0, 0.05) is 11.4 Å². The molecule has 0 radical (unpaired) electrons. The van der Waals surface area contributed by atoms with E-state index in [9.17, 15) is 0 Å². The van der Waals surface area contributed by atoms with Crippen molar-refractivity contribution in [1.29, 1.82) is 0 Å². The van der Waals surface area contributed by atoms with Crippen molar-refractivity contribution >= 4 is 46.0 Å². The lowest BCUT2D eigenvalue weighted by molar-refractivity contribution is 0.129. The van der Waals surface area contributed by atoms with Crippen LogP contribution in [0.4, 0.5) is 11.4 Å². The number of thiocarbonyl (C=S) groups is 2. The first kappa shape index (κ1) is 21.1. The van der Waals surface area contributed by atoms with Gasteiger partial charge in [-0.3, -0.25) is 0 Å². The average molecular weight is 439 g/mol. The molecule has 0 saturated heterocycles. The summed E-state index contributed by atoms with van der Waals surface area (Å²) in [6.07, 6.45) is 2.39. The van der Waals surface area contributed by atoms with Crippen molar-refractivity contribution in [3.05, 3.63) is 60.7 Å². The van der Waals surface area contributed by atoms with Gasteiger partial charge in [0.2, 0.25) is 0 Å². The Morgan fingerprint density at radius 3 is 1.83 bits per heavy atom. The second kappa shape index (κ2) is 8.16. The molecule has 4 rings (SSSR count). The van der Waals surface area contributed by atoms with Crippen LogP contribution in [0, 0.1) is 16.7 Å². The van der Waals surface area contributed by atoms with Crippen LogP contribution in [0.25, 0.3) is 0 Å². The Morgan fingerprint density at radius 2 is 1.30 bits per heavy atom. The molecule has 4 N–H and O–H groups in total. The van der Waals surface area contributed by atoms with Gasteiger partial charge in [0.15, 0.2) is 10.2 Å². The van der Waals surface area contributed by atoms with E-state index in [4.69, 9.17) is 24.4 Å². The van der Waals surface area contributed by atoms with Crippen molar-refractivity contribution in [2.75, 3.05) is 10.6 Å². The fraction of sp³-hybridized carbons (Fsp3) is 0.417. The topological polar surface area (TPSA) is 48.1 Å². The van der Waals surface area contributed by atoms with Gasteiger partial charge in [0.25, 0.3) is 0 Å². The number of nitrogens with one attached hydrogen (secondary N) is 4. The fourth-order valence-electron chi connectivity index (χ4n) is 5.48. The SMILES string of the molecule is CC1(C)[C@H]2CC[C@@]1(C)[C@@H](NC(=S)Nc1ccccc1)[C@@H]2NC(=S)Nc1ccccc1. The van der Waals surface area contributed by atoms with Crippen LogP contribution < -0.4 is 21.3 Å². The summed E-state index contributed by atoms with van der Waals surface area (Å²) in [5, 5.41) is 15.2. The van der Waals surface area contributed by atoms with Crippen LogP contribution in [0.2, 0.25) is 0 Å². The van der Waals surface area contributed by atoms with E-state index in [2.05, 4.69) is 42.0 Å². The van der Waals surface area contributed by atoms with Gasteiger partial charge in [-0.05, 0) is 78.3 Å². The van der Waals surface area contributed by atoms with Crippen LogP contribution in [0.15, 0.2) is 60.7 Å². The lowest BCUT2D eigenvalue weighted by Gasteiger charge is -2.41. The molecule has 4 atom stereocenters. The number of hydrogen-bond donors (Lipinski definition) is 4. The lowest BCUT2D eigenvalue weighted by Crippen LogP contribution is -2.58. The van der Waals surface area contributed by atoms with Gasteiger partial charge in [-0.2, -0.15) is 0 Å². The molecule has 2 aliphatic rings. The molecule has 4 nitrogen and oxygen atoms in total. The Bertz CT molecular complexity index is 915. The van der Waals surface area contributed by atoms with Crippen LogP contribution in [0.3, 0.4) is 0 Å². The number of benzene rings is 2. The highest BCUT2D eigenvalue weighted by Gasteiger charge is 2.66. The zero-order valence-electron chi connectivity index (χ0n) is 17.7. The Kier molecular flexibility index (Phi) is 5.73. The molecule has 6 heteroatoms. The van der Waals surface area contributed by atoms with Gasteiger partial charge in [-0.1, -0.05) is 57.2 Å². The monoisotopic (exact) mass is 438 g/mol. The van der Waals surface area contributed by atoms with Crippen LogP contribution in [-0.4, -0.2) is 22.3 Å². The minimum absolute atomic E-state index is 0.125. The summed E-state index contributed by atoms with van der Waals surface area (Å²) in [5.74, 6) is 0.523. The van der Waals surface area contributed by atoms with Crippen LogP contribution in [-0.2, 0) is 0 Å². The van der Waals surface area contributed by atoms with E-state index in [1.165, 1.54) is 12.8 Å². The second-order valence-corrected chi connectivity index (χ2v) is 10.0. The van der Waals surface area contributed by atoms with Gasteiger partial charge in [-0.25, -0.2) is 0 Å². The number of hydrogen-bond acceptors (Lipinski definition) is 2. The largest absolute Gasteiger partial charge is 0.357 e. The van der Waals surface area contributed by atoms with Crippen molar-refractivity contribution < 1.29 is 0 Å². The zero-order valence-corrected chi connectivity index (χ0v) is 19.4. The molecule has 0 aliphatic heterocycles. The fourth-order valence-corrected chi connectivity index (χ4v) is 5.98. The molecule has 2 saturated carbocycles. The van der Waals surface area contributed by atoms with E-state index in [0.29, 0.717) is 16.1 Å². The van der Waals surface area contributed by atoms with Crippen molar-refractivity contribution in [3.63, 3.8) is 0 Å². The third kappa shape index (κ3) is 3.79. The Morgan fingerprint density at radius 1 is 0.800 bits per heavy atom. The maximum atomic E-state index is 5.69. The summed E-state index contributed by atoms with van der Waals surface area (Å²) in [5.41, 5.74) is 2.30. The van der Waals surface area contributed by atoms with Crippen molar-refractivity contribution in [3.8, 4) is 0 Å². The number of para-hydroxylation sites is 2. The molecule has 0 heterocycles. The zero-order chi connectivity index (χ0) is 21.4. The Hall–Kier alpha value is -2.18. The predicted octanol–water partition coefficient (Wildman–Crippen LogP) is 5.15. The molecule has 0 spiro atoms. The predicted molar refractivity (Wildman–Crippen MR) is 134 cm³/mol. The van der Waals surface area contributed by atoms with Crippen LogP contribution in [0.1, 0.15) is 33.6 Å². The van der Waals surface area contributed by atoms with Gasteiger partial charge in [-0.15, -0.1) is 0 Å². The molecular formula is C24H30N4S2. The van der Waals surface area contributed by atoms with Crippen molar-refractivity contribution in [2.45, 2.75) is 45.7 Å². The quantitative estimate of drug-likeness (QED) is 0.495. The van der Waals surface area contributed by atoms with Gasteiger partial charge in [0.1, 0.15) is 0 Å². The molecule has 2 aromatic carbocycles. The highest BCUT2D eigenvalue weighted by Crippen LogP contribution is 2.65. The first-order valence-corrected chi connectivity index (χ1v) is 11.4. The third-order valence-corrected chi connectivity index (χ3v) is 7.94. The maximum Gasteiger partial charge on any atom is 0.171 e. The third-order valence-electron chi connectivity index (χ3n) is 7.50. The molecule has 2 fully saturated rings. The van der Waals surface area contributed by atoms with Crippen molar-refractivity contribution in [2.24, 2.45) is 16.7 Å². The van der Waals surface area contributed by atoms with E-state index in [1.54, 1.807) is 0 Å². The molecular weight excluding hydrogens is 408 g/mol. The van der Waals surface area contributed by atoms with Gasteiger partial charge >= 0.3 is 0 Å². The second-order valence-electron chi connectivity index (χ2n) is 9.22. The van der Waals surface area contributed by atoms with E-state index in [0.717, 1.165) is 11.4 Å². The summed E-state index contributed by atoms with van der Waals surface area (Å²) >= 11 is 11.4. The number of fused-ring (bicyclic) bond motifs is 2. The molecule has 158 valence electrons. The average Bonchev–Trinajstić information content (AvgIpc) is 3.03. The first-order valence-electron chi connectivity index (χ1n) is 10.6. The summed E-state index contributed by atoms with van der Waals surface area (Å²) in [6.45, 7) is 7.18. The highest BCUT2D eigenvalue weighted by molar-refractivity contribution is 7.80. The van der Waals surface area contributed by atoms with E-state index in [1.807, 2.05) is 60.7 Å². The summed E-state index contributed by atoms with van der Waals surface area (Å²) < 4.78 is 0. The molecule has 2 bridgehead atoms. The minimum atomic E-state index is 0.125. The standard InChI is InChI=1S/C24H30N4S2/c1-23(2)18-14-15-24(23,3)20(28-22(30)26-17-12-8-5-9-13-17)19(18)27-21(29)25-16-10-6-4-7-11-16/h4-13,18-20H,14-15H2,1-3H3,(H2,25,27,29)(H2,26,28,30)/t18-,19+,20-,24-/m0/s1. The summed E-state index contributed by atoms with van der Waals surface area (Å²) in [6, 6.07) is 20.5. The van der Waals surface area contributed by atoms with E-state index in [-0.39, 0.29) is 22.9 Å². The van der Waals surface area contributed by atoms with E-state index >= 15 is 0 Å². The summed E-state index contributed by atoms with van der Waals surface area (Å²) in [7, 11) is 0. The molecule has 0 aromatic heterocycles. The van der Waals surface area contributed by atoms with E-state index < -0.39 is 0 Å². The minimum Gasteiger partial charge on any atom is -0.357 e.